The van der Waals surface area contributed by atoms with Crippen molar-refractivity contribution in [1.29, 1.82) is 0 Å². The van der Waals surface area contributed by atoms with Gasteiger partial charge in [0.15, 0.2) is 5.76 Å². The SMILES string of the molecule is Cc1nn(Cc2ccc(C(=O)N3CCCN(Cc4csc(C(C)(C)C)n4)CC3)o2)c(C)c1Cl. The van der Waals surface area contributed by atoms with Gasteiger partial charge in [0.25, 0.3) is 5.91 Å². The first-order chi connectivity index (χ1) is 15.6. The molecule has 7 nitrogen and oxygen atoms in total. The number of halogens is 1. The van der Waals surface area contributed by atoms with E-state index in [1.807, 2.05) is 24.8 Å². The molecule has 0 radical (unpaired) electrons. The first-order valence-electron chi connectivity index (χ1n) is 11.4. The normalized spacial score (nSPS) is 15.8. The number of aryl methyl sites for hydroxylation is 1. The fourth-order valence-electron chi connectivity index (χ4n) is 4.00. The van der Waals surface area contributed by atoms with Gasteiger partial charge >= 0.3 is 0 Å². The average Bonchev–Trinajstić information content (AvgIpc) is 3.42. The third-order valence-electron chi connectivity index (χ3n) is 5.93. The summed E-state index contributed by atoms with van der Waals surface area (Å²) in [6.07, 6.45) is 0.930. The van der Waals surface area contributed by atoms with Crippen LogP contribution in [0.2, 0.25) is 5.02 Å². The molecule has 0 N–H and O–H groups in total. The van der Waals surface area contributed by atoms with E-state index in [-0.39, 0.29) is 11.3 Å². The van der Waals surface area contributed by atoms with E-state index in [2.05, 4.69) is 36.1 Å². The fourth-order valence-corrected chi connectivity index (χ4v) is 5.03. The Labute approximate surface area is 204 Å². The van der Waals surface area contributed by atoms with E-state index in [0.717, 1.165) is 49.7 Å². The molecule has 0 aliphatic carbocycles. The van der Waals surface area contributed by atoms with Gasteiger partial charge in [-0.25, -0.2) is 4.98 Å². The number of nitrogens with zero attached hydrogens (tertiary/aromatic N) is 5. The molecular formula is C24H32ClN5O2S. The van der Waals surface area contributed by atoms with Crippen molar-refractivity contribution >= 4 is 28.8 Å². The van der Waals surface area contributed by atoms with Crippen LogP contribution in [0.15, 0.2) is 21.9 Å². The predicted octanol–water partition coefficient (Wildman–Crippen LogP) is 4.90. The summed E-state index contributed by atoms with van der Waals surface area (Å²) in [7, 11) is 0. The minimum Gasteiger partial charge on any atom is -0.454 e. The van der Waals surface area contributed by atoms with Gasteiger partial charge in [-0.1, -0.05) is 32.4 Å². The topological polar surface area (TPSA) is 67.4 Å². The Balaban J connectivity index is 1.35. The van der Waals surface area contributed by atoms with Crippen LogP contribution in [0.4, 0.5) is 0 Å². The number of aromatic nitrogens is 3. The largest absolute Gasteiger partial charge is 0.454 e. The lowest BCUT2D eigenvalue weighted by atomic mass is 9.98. The van der Waals surface area contributed by atoms with Crippen LogP contribution in [0, 0.1) is 13.8 Å². The van der Waals surface area contributed by atoms with Gasteiger partial charge in [0, 0.05) is 43.5 Å². The summed E-state index contributed by atoms with van der Waals surface area (Å²) in [5, 5.41) is 8.43. The fraction of sp³-hybridized carbons (Fsp3) is 0.542. The van der Waals surface area contributed by atoms with Crippen LogP contribution in [0.3, 0.4) is 0 Å². The van der Waals surface area contributed by atoms with E-state index in [0.29, 0.717) is 29.6 Å². The molecule has 0 atom stereocenters. The highest BCUT2D eigenvalue weighted by Gasteiger charge is 2.24. The summed E-state index contributed by atoms with van der Waals surface area (Å²) < 4.78 is 7.69. The molecule has 4 rings (SSSR count). The van der Waals surface area contributed by atoms with Gasteiger partial charge in [-0.15, -0.1) is 11.3 Å². The summed E-state index contributed by atoms with van der Waals surface area (Å²) >= 11 is 7.97. The van der Waals surface area contributed by atoms with Gasteiger partial charge in [-0.05, 0) is 32.4 Å². The molecule has 9 heteroatoms. The summed E-state index contributed by atoms with van der Waals surface area (Å²) in [6, 6.07) is 3.60. The molecular weight excluding hydrogens is 458 g/mol. The first kappa shape index (κ1) is 24.0. The third-order valence-corrected chi connectivity index (χ3v) is 7.79. The van der Waals surface area contributed by atoms with Gasteiger partial charge in [-0.3, -0.25) is 14.4 Å². The average molecular weight is 490 g/mol. The number of amides is 1. The summed E-state index contributed by atoms with van der Waals surface area (Å²) in [6.45, 7) is 14.8. The maximum atomic E-state index is 13.1. The standard InChI is InChI=1S/C24H32ClN5O2S/c1-16-21(25)17(2)30(27-16)14-19-7-8-20(32-19)22(31)29-10-6-9-28(11-12-29)13-18-15-33-23(26-18)24(3,4)5/h7-8,15H,6,9-14H2,1-5H3. The van der Waals surface area contributed by atoms with Crippen LogP contribution in [0.25, 0.3) is 0 Å². The van der Waals surface area contributed by atoms with E-state index in [4.69, 9.17) is 21.0 Å². The monoisotopic (exact) mass is 489 g/mol. The van der Waals surface area contributed by atoms with Crippen molar-refractivity contribution in [3.8, 4) is 0 Å². The Morgan fingerprint density at radius 3 is 2.61 bits per heavy atom. The molecule has 0 spiro atoms. The Hall–Kier alpha value is -2.16. The highest BCUT2D eigenvalue weighted by Crippen LogP contribution is 2.26. The molecule has 3 aromatic rings. The van der Waals surface area contributed by atoms with Crippen molar-refractivity contribution < 1.29 is 9.21 Å². The smallest absolute Gasteiger partial charge is 0.289 e. The zero-order valence-electron chi connectivity index (χ0n) is 20.0. The minimum absolute atomic E-state index is 0.0572. The van der Waals surface area contributed by atoms with Gasteiger partial charge in [-0.2, -0.15) is 5.10 Å². The summed E-state index contributed by atoms with van der Waals surface area (Å²) in [5.41, 5.74) is 2.87. The van der Waals surface area contributed by atoms with Crippen molar-refractivity contribution in [2.75, 3.05) is 26.2 Å². The van der Waals surface area contributed by atoms with Crippen LogP contribution in [-0.2, 0) is 18.5 Å². The Morgan fingerprint density at radius 1 is 1.15 bits per heavy atom. The van der Waals surface area contributed by atoms with Crippen molar-refractivity contribution in [1.82, 2.24) is 24.6 Å². The Kier molecular flexibility index (Phi) is 6.98. The maximum Gasteiger partial charge on any atom is 0.289 e. The van der Waals surface area contributed by atoms with E-state index in [1.165, 1.54) is 5.01 Å². The van der Waals surface area contributed by atoms with Gasteiger partial charge in [0.1, 0.15) is 5.76 Å². The molecule has 0 aromatic carbocycles. The number of hydrogen-bond acceptors (Lipinski definition) is 6. The number of rotatable bonds is 5. The van der Waals surface area contributed by atoms with Crippen LogP contribution in [0.5, 0.6) is 0 Å². The second-order valence-corrected chi connectivity index (χ2v) is 11.0. The molecule has 1 aliphatic heterocycles. The molecule has 178 valence electrons. The number of hydrogen-bond donors (Lipinski definition) is 0. The van der Waals surface area contributed by atoms with Crippen molar-refractivity contribution in [3.05, 3.63) is 56.1 Å². The molecule has 3 aromatic heterocycles. The lowest BCUT2D eigenvalue weighted by Crippen LogP contribution is -2.35. The van der Waals surface area contributed by atoms with Crippen molar-refractivity contribution in [2.24, 2.45) is 0 Å². The van der Waals surface area contributed by atoms with Crippen LogP contribution < -0.4 is 0 Å². The molecule has 0 bridgehead atoms. The number of carbonyl (C=O) groups excluding carboxylic acids is 1. The third kappa shape index (κ3) is 5.50. The summed E-state index contributed by atoms with van der Waals surface area (Å²) in [4.78, 5) is 22.2. The number of furan rings is 1. The molecule has 1 fully saturated rings. The Morgan fingerprint density at radius 2 is 1.94 bits per heavy atom. The van der Waals surface area contributed by atoms with Crippen LogP contribution in [0.1, 0.15) is 65.6 Å². The van der Waals surface area contributed by atoms with E-state index in [1.54, 1.807) is 22.1 Å². The van der Waals surface area contributed by atoms with Gasteiger partial charge in [0.05, 0.1) is 33.7 Å². The maximum absolute atomic E-state index is 13.1. The van der Waals surface area contributed by atoms with E-state index in [9.17, 15) is 4.79 Å². The number of carbonyl (C=O) groups is 1. The van der Waals surface area contributed by atoms with E-state index < -0.39 is 0 Å². The molecule has 0 unspecified atom stereocenters. The van der Waals surface area contributed by atoms with Gasteiger partial charge in [0.2, 0.25) is 0 Å². The zero-order valence-corrected chi connectivity index (χ0v) is 21.6. The second-order valence-electron chi connectivity index (χ2n) is 9.72. The molecule has 33 heavy (non-hydrogen) atoms. The Bertz CT molecular complexity index is 1130. The molecule has 4 heterocycles. The van der Waals surface area contributed by atoms with E-state index >= 15 is 0 Å². The van der Waals surface area contributed by atoms with Crippen molar-refractivity contribution in [2.45, 2.75) is 59.5 Å². The second kappa shape index (κ2) is 9.60. The lowest BCUT2D eigenvalue weighted by molar-refractivity contribution is 0.0727. The lowest BCUT2D eigenvalue weighted by Gasteiger charge is -2.21. The highest BCUT2D eigenvalue weighted by molar-refractivity contribution is 7.09. The molecule has 1 amide bonds. The quantitative estimate of drug-likeness (QED) is 0.510. The van der Waals surface area contributed by atoms with Crippen molar-refractivity contribution in [3.63, 3.8) is 0 Å². The zero-order chi connectivity index (χ0) is 23.8. The first-order valence-corrected chi connectivity index (χ1v) is 12.6. The minimum atomic E-state index is -0.0572. The molecule has 0 saturated carbocycles. The summed E-state index contributed by atoms with van der Waals surface area (Å²) in [5.74, 6) is 1.01. The van der Waals surface area contributed by atoms with Gasteiger partial charge < -0.3 is 9.32 Å². The highest BCUT2D eigenvalue weighted by atomic mass is 35.5. The number of thiazole rings is 1. The van der Waals surface area contributed by atoms with Crippen LogP contribution in [-0.4, -0.2) is 56.7 Å². The molecule has 1 saturated heterocycles. The molecule has 1 aliphatic rings. The predicted molar refractivity (Wildman–Crippen MR) is 131 cm³/mol. The van der Waals surface area contributed by atoms with Crippen LogP contribution >= 0.6 is 22.9 Å².